The van der Waals surface area contributed by atoms with E-state index in [9.17, 15) is 19.2 Å². The minimum absolute atomic E-state index is 0.137. The maximum absolute atomic E-state index is 13.1. The number of nitrogens with zero attached hydrogens (tertiary/aromatic N) is 3. The molecule has 2 aliphatic heterocycles. The number of ether oxygens (including phenoxy) is 1. The second-order valence-electron chi connectivity index (χ2n) is 10.3. The monoisotopic (exact) mass is 524 g/mol. The topological polar surface area (TPSA) is 135 Å². The van der Waals surface area contributed by atoms with Crippen molar-refractivity contribution in [2.45, 2.75) is 77.7 Å². The van der Waals surface area contributed by atoms with E-state index in [-0.39, 0.29) is 24.2 Å². The normalized spacial score (nSPS) is 25.8. The van der Waals surface area contributed by atoms with Crippen molar-refractivity contribution in [2.24, 2.45) is 5.92 Å². The minimum Gasteiger partial charge on any atom is -0.457 e. The molecule has 204 valence electrons. The number of nitrogens with one attached hydrogen (secondary N) is 3. The molecular weight excluding hydrogens is 488 g/mol. The lowest BCUT2D eigenvalue weighted by atomic mass is 10.0. The Bertz CT molecular complexity index is 1190. The molecule has 4 atom stereocenters. The van der Waals surface area contributed by atoms with Gasteiger partial charge in [0, 0.05) is 31.3 Å². The van der Waals surface area contributed by atoms with E-state index in [0.717, 1.165) is 16.7 Å². The first kappa shape index (κ1) is 27.3. The lowest BCUT2D eigenvalue weighted by Gasteiger charge is -2.35. The fourth-order valence-corrected chi connectivity index (χ4v) is 4.64. The smallest absolute Gasteiger partial charge is 0.325 e. The molecule has 1 saturated heterocycles. The first-order valence-electron chi connectivity index (χ1n) is 13.1. The van der Waals surface area contributed by atoms with E-state index in [1.165, 1.54) is 5.01 Å². The van der Waals surface area contributed by atoms with E-state index in [1.54, 1.807) is 17.8 Å². The minimum atomic E-state index is -0.860. The Kier molecular flexibility index (Phi) is 8.45. The summed E-state index contributed by atoms with van der Waals surface area (Å²) in [5.41, 5.74) is 5.58. The third kappa shape index (κ3) is 6.39. The Balaban J connectivity index is 1.61. The van der Waals surface area contributed by atoms with Crippen LogP contribution in [0, 0.1) is 5.92 Å². The Hall–Kier alpha value is -3.73. The first-order chi connectivity index (χ1) is 18.1. The highest BCUT2D eigenvalue weighted by molar-refractivity contribution is 5.92. The van der Waals surface area contributed by atoms with Crippen molar-refractivity contribution in [2.75, 3.05) is 6.54 Å². The van der Waals surface area contributed by atoms with Gasteiger partial charge in [0.05, 0.1) is 6.20 Å². The van der Waals surface area contributed by atoms with Crippen LogP contribution in [0.4, 0.5) is 0 Å². The van der Waals surface area contributed by atoms with E-state index in [2.05, 4.69) is 21.2 Å². The summed E-state index contributed by atoms with van der Waals surface area (Å²) in [5.74, 6) is -1.74. The summed E-state index contributed by atoms with van der Waals surface area (Å²) in [6, 6.07) is 5.34. The number of esters is 1. The highest BCUT2D eigenvalue weighted by atomic mass is 16.5. The molecule has 2 aromatic rings. The standard InChI is InChI=1S/C27H36N6O5/c1-16(2)24-25(35)29-17(3)26(36)33-11-6-9-22(31-33)27(37)38-18(4)19-7-5-8-20(13-19)21-14-28-32(15-21)12-10-23(34)30-24/h5,7-8,13-18,22,24,31H,6,9-12H2,1-4H3,(H,29,35)(H,30,34)/t17-,18-,22+,24+/m1/s1. The number of rotatable bonds is 1. The third-order valence-corrected chi connectivity index (χ3v) is 6.92. The fraction of sp³-hybridized carbons (Fsp3) is 0.519. The number of benzene rings is 1. The molecule has 4 rings (SSSR count). The van der Waals surface area contributed by atoms with Crippen LogP contribution in [0.2, 0.25) is 0 Å². The highest BCUT2D eigenvalue weighted by Crippen LogP contribution is 2.25. The van der Waals surface area contributed by atoms with Crippen LogP contribution in [0.3, 0.4) is 0 Å². The molecule has 2 aliphatic rings. The van der Waals surface area contributed by atoms with Crippen LogP contribution >= 0.6 is 0 Å². The number of cyclic esters (lactones) is 1. The largest absolute Gasteiger partial charge is 0.457 e. The molecule has 3 amide bonds. The number of amides is 3. The summed E-state index contributed by atoms with van der Waals surface area (Å²) in [7, 11) is 0. The van der Waals surface area contributed by atoms with Gasteiger partial charge < -0.3 is 15.4 Å². The molecule has 38 heavy (non-hydrogen) atoms. The van der Waals surface area contributed by atoms with Crippen LogP contribution in [-0.4, -0.2) is 63.2 Å². The third-order valence-electron chi connectivity index (χ3n) is 6.92. The van der Waals surface area contributed by atoms with E-state index in [4.69, 9.17) is 4.74 Å². The Labute approximate surface area is 222 Å². The lowest BCUT2D eigenvalue weighted by Crippen LogP contribution is -2.61. The van der Waals surface area contributed by atoms with E-state index in [1.807, 2.05) is 51.2 Å². The molecule has 6 bridgehead atoms. The molecule has 0 aliphatic carbocycles. The Morgan fingerprint density at radius 2 is 1.84 bits per heavy atom. The summed E-state index contributed by atoms with van der Waals surface area (Å²) in [6.07, 6.45) is 4.34. The van der Waals surface area contributed by atoms with Gasteiger partial charge in [-0.1, -0.05) is 32.0 Å². The zero-order chi connectivity index (χ0) is 27.4. The van der Waals surface area contributed by atoms with Crippen molar-refractivity contribution in [3.63, 3.8) is 0 Å². The lowest BCUT2D eigenvalue weighted by molar-refractivity contribution is -0.157. The Morgan fingerprint density at radius 1 is 1.05 bits per heavy atom. The van der Waals surface area contributed by atoms with Crippen molar-refractivity contribution < 1.29 is 23.9 Å². The van der Waals surface area contributed by atoms with Crippen LogP contribution < -0.4 is 16.1 Å². The molecule has 0 saturated carbocycles. The molecule has 0 radical (unpaired) electrons. The molecule has 3 N–H and O–H groups in total. The number of hydrogen-bond donors (Lipinski definition) is 3. The molecule has 0 unspecified atom stereocenters. The zero-order valence-corrected chi connectivity index (χ0v) is 22.3. The van der Waals surface area contributed by atoms with Gasteiger partial charge in [-0.05, 0) is 49.8 Å². The van der Waals surface area contributed by atoms with E-state index in [0.29, 0.717) is 25.9 Å². The molecule has 3 heterocycles. The SMILES string of the molecule is CC(C)[C@@H]1NC(=O)CCn2cc(cn2)-c2cccc(c2)[C@@H](C)OC(=O)[C@@H]2CCCN(N2)C(=O)[C@@H](C)NC1=O. The molecule has 0 spiro atoms. The molecule has 1 fully saturated rings. The second-order valence-corrected chi connectivity index (χ2v) is 10.3. The van der Waals surface area contributed by atoms with E-state index < -0.39 is 36.1 Å². The molecular formula is C27H36N6O5. The number of fused-ring (bicyclic) bond motifs is 7. The van der Waals surface area contributed by atoms with Crippen molar-refractivity contribution in [3.05, 3.63) is 42.2 Å². The maximum atomic E-state index is 13.1. The number of aryl methyl sites for hydroxylation is 1. The number of hydrazine groups is 1. The summed E-state index contributed by atoms with van der Waals surface area (Å²) >= 11 is 0. The van der Waals surface area contributed by atoms with Gasteiger partial charge in [0.25, 0.3) is 5.91 Å². The van der Waals surface area contributed by atoms with Gasteiger partial charge in [-0.3, -0.25) is 28.9 Å². The van der Waals surface area contributed by atoms with Crippen LogP contribution in [0.1, 0.15) is 58.6 Å². The number of carbonyl (C=O) groups excluding carboxylic acids is 4. The van der Waals surface area contributed by atoms with Gasteiger partial charge in [0.2, 0.25) is 11.8 Å². The summed E-state index contributed by atoms with van der Waals surface area (Å²) in [4.78, 5) is 51.8. The quantitative estimate of drug-likeness (QED) is 0.484. The summed E-state index contributed by atoms with van der Waals surface area (Å²) in [6.45, 7) is 7.79. The van der Waals surface area contributed by atoms with Crippen molar-refractivity contribution in [1.82, 2.24) is 30.8 Å². The predicted molar refractivity (Wildman–Crippen MR) is 139 cm³/mol. The summed E-state index contributed by atoms with van der Waals surface area (Å²) < 4.78 is 7.45. The average Bonchev–Trinajstić information content (AvgIpc) is 3.38. The highest BCUT2D eigenvalue weighted by Gasteiger charge is 2.33. The first-order valence-corrected chi connectivity index (χ1v) is 13.1. The number of hydrogen-bond acceptors (Lipinski definition) is 7. The van der Waals surface area contributed by atoms with Crippen molar-refractivity contribution in [1.29, 1.82) is 0 Å². The van der Waals surface area contributed by atoms with Gasteiger partial charge in [-0.15, -0.1) is 0 Å². The molecule has 1 aromatic heterocycles. The predicted octanol–water partition coefficient (Wildman–Crippen LogP) is 1.70. The van der Waals surface area contributed by atoms with Crippen LogP contribution in [-0.2, 0) is 30.5 Å². The maximum Gasteiger partial charge on any atom is 0.325 e. The number of carbonyl (C=O) groups is 4. The van der Waals surface area contributed by atoms with Gasteiger partial charge in [-0.25, -0.2) is 5.43 Å². The fourth-order valence-electron chi connectivity index (χ4n) is 4.64. The van der Waals surface area contributed by atoms with Crippen molar-refractivity contribution in [3.8, 4) is 11.1 Å². The average molecular weight is 525 g/mol. The molecule has 11 nitrogen and oxygen atoms in total. The van der Waals surface area contributed by atoms with Gasteiger partial charge in [0.1, 0.15) is 24.2 Å². The van der Waals surface area contributed by atoms with Crippen LogP contribution in [0.5, 0.6) is 0 Å². The number of aromatic nitrogens is 2. The van der Waals surface area contributed by atoms with E-state index >= 15 is 0 Å². The van der Waals surface area contributed by atoms with Crippen molar-refractivity contribution >= 4 is 23.7 Å². The van der Waals surface area contributed by atoms with Gasteiger partial charge in [-0.2, -0.15) is 5.10 Å². The Morgan fingerprint density at radius 3 is 2.61 bits per heavy atom. The van der Waals surface area contributed by atoms with Gasteiger partial charge >= 0.3 is 5.97 Å². The zero-order valence-electron chi connectivity index (χ0n) is 22.3. The summed E-state index contributed by atoms with van der Waals surface area (Å²) in [5, 5.41) is 11.3. The van der Waals surface area contributed by atoms with Crippen LogP contribution in [0.25, 0.3) is 11.1 Å². The second kappa shape index (κ2) is 11.8. The molecule has 1 aromatic carbocycles. The molecule has 11 heteroatoms. The van der Waals surface area contributed by atoms with Gasteiger partial charge in [0.15, 0.2) is 0 Å². The van der Waals surface area contributed by atoms with Crippen LogP contribution in [0.15, 0.2) is 36.7 Å².